The van der Waals surface area contributed by atoms with Crippen molar-refractivity contribution in [2.24, 2.45) is 11.8 Å². The normalized spacial score (nSPS) is 19.0. The minimum absolute atomic E-state index is 0.160. The Morgan fingerprint density at radius 3 is 2.92 bits per heavy atom. The Balaban J connectivity index is 1.67. The maximum atomic E-state index is 12.1. The van der Waals surface area contributed by atoms with Gasteiger partial charge in [-0.1, -0.05) is 0 Å². The first kappa shape index (κ1) is 14.2. The number of nitriles is 1. The summed E-state index contributed by atoms with van der Waals surface area (Å²) in [6.45, 7) is 0. The van der Waals surface area contributed by atoms with Gasteiger partial charge in [0.05, 0.1) is 24.1 Å². The molecule has 118 valence electrons. The van der Waals surface area contributed by atoms with E-state index in [-0.39, 0.29) is 17.7 Å². The van der Waals surface area contributed by atoms with Crippen molar-refractivity contribution < 1.29 is 4.79 Å². The molecule has 1 aromatic carbocycles. The second-order valence-electron chi connectivity index (χ2n) is 5.91. The molecule has 24 heavy (non-hydrogen) atoms. The lowest BCUT2D eigenvalue weighted by molar-refractivity contribution is -0.117. The highest BCUT2D eigenvalue weighted by atomic mass is 16.2. The molecule has 7 nitrogen and oxygen atoms in total. The molecule has 0 radical (unpaired) electrons. The molecule has 0 spiro atoms. The third-order valence-corrected chi connectivity index (χ3v) is 4.24. The van der Waals surface area contributed by atoms with Gasteiger partial charge in [-0.25, -0.2) is 4.98 Å². The van der Waals surface area contributed by atoms with Crippen LogP contribution in [0.1, 0.15) is 6.42 Å². The van der Waals surface area contributed by atoms with E-state index in [1.807, 2.05) is 12.1 Å². The number of aromatic amines is 1. The summed E-state index contributed by atoms with van der Waals surface area (Å²) >= 11 is 0. The van der Waals surface area contributed by atoms with E-state index in [1.165, 1.54) is 0 Å². The smallest absolute Gasteiger partial charge is 0.230 e. The van der Waals surface area contributed by atoms with E-state index in [2.05, 4.69) is 26.6 Å². The average Bonchev–Trinajstić information content (AvgIpc) is 3.17. The molecule has 1 amide bonds. The van der Waals surface area contributed by atoms with Gasteiger partial charge in [-0.2, -0.15) is 10.4 Å². The number of fused-ring (bicyclic) bond motifs is 1. The number of hydrogen-bond donors (Lipinski definition) is 3. The molecule has 1 unspecified atom stereocenters. The molecule has 2 atom stereocenters. The van der Waals surface area contributed by atoms with E-state index < -0.39 is 0 Å². The maximum absolute atomic E-state index is 12.1. The number of carbonyl (C=O) groups excluding carboxylic acids is 1. The fourth-order valence-electron chi connectivity index (χ4n) is 2.78. The van der Waals surface area contributed by atoms with Crippen molar-refractivity contribution in [3.05, 3.63) is 36.8 Å². The molecular weight excluding hydrogens is 304 g/mol. The number of carbonyl (C=O) groups is 1. The number of anilines is 2. The van der Waals surface area contributed by atoms with Gasteiger partial charge in [-0.3, -0.25) is 9.89 Å². The third kappa shape index (κ3) is 2.44. The Labute approximate surface area is 137 Å². The molecule has 2 aromatic heterocycles. The second kappa shape index (κ2) is 5.35. The summed E-state index contributed by atoms with van der Waals surface area (Å²) in [6.07, 6.45) is 5.78. The Kier molecular flexibility index (Phi) is 3.17. The van der Waals surface area contributed by atoms with Crippen molar-refractivity contribution in [1.82, 2.24) is 15.2 Å². The minimum atomic E-state index is -0.227. The number of nitrogens with one attached hydrogen (secondary N) is 2. The van der Waals surface area contributed by atoms with E-state index in [9.17, 15) is 4.79 Å². The van der Waals surface area contributed by atoms with Crippen molar-refractivity contribution in [2.45, 2.75) is 6.42 Å². The van der Waals surface area contributed by atoms with Crippen LogP contribution in [0.15, 0.2) is 36.8 Å². The van der Waals surface area contributed by atoms with Gasteiger partial charge in [-0.15, -0.1) is 0 Å². The lowest BCUT2D eigenvalue weighted by Gasteiger charge is -2.08. The summed E-state index contributed by atoms with van der Waals surface area (Å²) in [5, 5.41) is 20.0. The first-order valence-electron chi connectivity index (χ1n) is 7.54. The lowest BCUT2D eigenvalue weighted by Crippen LogP contribution is -2.15. The number of nitrogens with two attached hydrogens (primary N) is 1. The standard InChI is InChI=1S/C17H14N6O/c18-5-11-2-13(11)17(24)23-16-4-10-1-9(12-6-21-22-7-12)3-15(19)14(10)8-20-16/h1,3-4,6-8,11,13H,2,19H2,(H,21,22)(H,20,23,24)/t11?,13-/m1/s1. The number of pyridine rings is 1. The zero-order chi connectivity index (χ0) is 16.7. The fourth-order valence-corrected chi connectivity index (χ4v) is 2.78. The molecule has 1 aliphatic carbocycles. The van der Waals surface area contributed by atoms with Gasteiger partial charge < -0.3 is 11.1 Å². The summed E-state index contributed by atoms with van der Waals surface area (Å²) in [5.41, 5.74) is 8.59. The van der Waals surface area contributed by atoms with Gasteiger partial charge in [0.15, 0.2) is 0 Å². The largest absolute Gasteiger partial charge is 0.398 e. The summed E-state index contributed by atoms with van der Waals surface area (Å²) in [4.78, 5) is 16.3. The SMILES string of the molecule is N#CC1C[C@H]1C(=O)Nc1cc2cc(-c3cn[nH]c3)cc(N)c2cn1. The summed E-state index contributed by atoms with van der Waals surface area (Å²) in [6, 6.07) is 7.74. The molecule has 0 aliphatic heterocycles. The van der Waals surface area contributed by atoms with Gasteiger partial charge in [-0.05, 0) is 35.6 Å². The van der Waals surface area contributed by atoms with Crippen molar-refractivity contribution in [1.29, 1.82) is 5.26 Å². The van der Waals surface area contributed by atoms with Crippen LogP contribution in [0.3, 0.4) is 0 Å². The zero-order valence-electron chi connectivity index (χ0n) is 12.7. The minimum Gasteiger partial charge on any atom is -0.398 e. The quantitative estimate of drug-likeness (QED) is 0.640. The third-order valence-electron chi connectivity index (χ3n) is 4.24. The molecule has 7 heteroatoms. The average molecular weight is 318 g/mol. The van der Waals surface area contributed by atoms with Crippen LogP contribution in [-0.2, 0) is 4.79 Å². The van der Waals surface area contributed by atoms with Crippen molar-refractivity contribution >= 4 is 28.2 Å². The Morgan fingerprint density at radius 2 is 2.21 bits per heavy atom. The maximum Gasteiger partial charge on any atom is 0.230 e. The first-order chi connectivity index (χ1) is 11.7. The van der Waals surface area contributed by atoms with Crippen LogP contribution >= 0.6 is 0 Å². The second-order valence-corrected chi connectivity index (χ2v) is 5.91. The molecule has 2 heterocycles. The molecule has 0 bridgehead atoms. The number of H-pyrrole nitrogens is 1. The van der Waals surface area contributed by atoms with Crippen molar-refractivity contribution in [2.75, 3.05) is 11.1 Å². The molecular formula is C17H14N6O. The molecule has 0 saturated heterocycles. The van der Waals surface area contributed by atoms with Crippen LogP contribution in [0, 0.1) is 23.2 Å². The predicted octanol–water partition coefficient (Wildman–Crippen LogP) is 2.31. The van der Waals surface area contributed by atoms with Crippen LogP contribution in [-0.4, -0.2) is 21.1 Å². The molecule has 4 N–H and O–H groups in total. The Hall–Kier alpha value is -3.40. The number of benzene rings is 1. The van der Waals surface area contributed by atoms with Gasteiger partial charge in [0, 0.05) is 29.0 Å². The van der Waals surface area contributed by atoms with Crippen LogP contribution in [0.5, 0.6) is 0 Å². The molecule has 1 saturated carbocycles. The Morgan fingerprint density at radius 1 is 1.33 bits per heavy atom. The molecule has 1 aliphatic rings. The summed E-state index contributed by atoms with van der Waals surface area (Å²) < 4.78 is 0. The highest BCUT2D eigenvalue weighted by Gasteiger charge is 2.43. The number of rotatable bonds is 3. The number of nitrogen functional groups attached to an aromatic ring is 1. The zero-order valence-corrected chi connectivity index (χ0v) is 12.7. The number of amides is 1. The summed E-state index contributed by atoms with van der Waals surface area (Å²) in [5.74, 6) is -0.101. The van der Waals surface area contributed by atoms with E-state index >= 15 is 0 Å². The molecule has 4 rings (SSSR count). The van der Waals surface area contributed by atoms with Crippen LogP contribution in [0.25, 0.3) is 21.9 Å². The van der Waals surface area contributed by atoms with Gasteiger partial charge in [0.1, 0.15) is 5.82 Å². The van der Waals surface area contributed by atoms with Gasteiger partial charge in [0.25, 0.3) is 0 Å². The number of nitrogens with zero attached hydrogens (tertiary/aromatic N) is 3. The van der Waals surface area contributed by atoms with E-state index in [4.69, 9.17) is 11.0 Å². The van der Waals surface area contributed by atoms with E-state index in [0.717, 1.165) is 21.9 Å². The van der Waals surface area contributed by atoms with E-state index in [1.54, 1.807) is 24.7 Å². The van der Waals surface area contributed by atoms with Gasteiger partial charge in [0.2, 0.25) is 5.91 Å². The Bertz CT molecular complexity index is 973. The van der Waals surface area contributed by atoms with Crippen molar-refractivity contribution in [3.63, 3.8) is 0 Å². The highest BCUT2D eigenvalue weighted by Crippen LogP contribution is 2.38. The van der Waals surface area contributed by atoms with Crippen LogP contribution < -0.4 is 11.1 Å². The van der Waals surface area contributed by atoms with E-state index in [0.29, 0.717) is 17.9 Å². The van der Waals surface area contributed by atoms with Crippen LogP contribution in [0.2, 0.25) is 0 Å². The first-order valence-corrected chi connectivity index (χ1v) is 7.54. The molecule has 1 fully saturated rings. The number of aromatic nitrogens is 3. The fraction of sp³-hybridized carbons (Fsp3) is 0.176. The predicted molar refractivity (Wildman–Crippen MR) is 89.6 cm³/mol. The topological polar surface area (TPSA) is 120 Å². The van der Waals surface area contributed by atoms with Crippen molar-refractivity contribution in [3.8, 4) is 17.2 Å². The molecule has 3 aromatic rings. The van der Waals surface area contributed by atoms with Crippen LogP contribution in [0.4, 0.5) is 11.5 Å². The monoisotopic (exact) mass is 318 g/mol. The lowest BCUT2D eigenvalue weighted by atomic mass is 10.0. The summed E-state index contributed by atoms with van der Waals surface area (Å²) in [7, 11) is 0. The number of hydrogen-bond acceptors (Lipinski definition) is 5. The highest BCUT2D eigenvalue weighted by molar-refractivity contribution is 6.00. The van der Waals surface area contributed by atoms with Gasteiger partial charge >= 0.3 is 0 Å².